The number of aliphatic carboxylic acids is 1. The maximum absolute atomic E-state index is 12.8. The van der Waals surface area contributed by atoms with Gasteiger partial charge in [0.25, 0.3) is 0 Å². The lowest BCUT2D eigenvalue weighted by molar-refractivity contribution is -0.168. The molecule has 146 valence electrons. The van der Waals surface area contributed by atoms with Crippen molar-refractivity contribution in [2.75, 3.05) is 0 Å². The summed E-state index contributed by atoms with van der Waals surface area (Å²) in [6, 6.07) is 0. The van der Waals surface area contributed by atoms with Gasteiger partial charge in [0.15, 0.2) is 0 Å². The summed E-state index contributed by atoms with van der Waals surface area (Å²) in [5.74, 6) is -2.43. The summed E-state index contributed by atoms with van der Waals surface area (Å²) in [5.41, 5.74) is -1.90. The first-order valence-electron chi connectivity index (χ1n) is 9.95. The molecule has 1 saturated heterocycles. The molecule has 4 saturated carbocycles. The van der Waals surface area contributed by atoms with Crippen molar-refractivity contribution in [3.8, 4) is 0 Å². The zero-order chi connectivity index (χ0) is 19.4. The smallest absolute Gasteiger partial charge is 0.312 e. The molecule has 4 aliphatic carbocycles. The molecule has 5 rings (SSSR count). The molecule has 1 aliphatic heterocycles. The summed E-state index contributed by atoms with van der Waals surface area (Å²) in [6.45, 7) is 7.49. The van der Waals surface area contributed by atoms with Gasteiger partial charge in [0.2, 0.25) is 0 Å². The molecule has 0 aromatic heterocycles. The molecule has 5 aliphatic rings. The van der Waals surface area contributed by atoms with Gasteiger partial charge in [0, 0.05) is 18.8 Å². The standard InChI is InChI=1S/C21H26O6/c1-11-9-19-10-20(11,26-12(2)22)8-5-13(19)21-7-4-6-18(3,17(25)27-21)15(21)14(19)16(23)24/h13-15H,1,4-10H2,2-3H3,(H,23,24). The minimum atomic E-state index is -0.855. The van der Waals surface area contributed by atoms with Gasteiger partial charge in [-0.25, -0.2) is 0 Å². The van der Waals surface area contributed by atoms with E-state index in [0.717, 1.165) is 18.4 Å². The minimum Gasteiger partial charge on any atom is -0.481 e. The summed E-state index contributed by atoms with van der Waals surface area (Å²) in [6.07, 6.45) is 4.67. The van der Waals surface area contributed by atoms with Crippen LogP contribution in [-0.4, -0.2) is 34.2 Å². The van der Waals surface area contributed by atoms with Gasteiger partial charge in [0.1, 0.15) is 11.2 Å². The average molecular weight is 374 g/mol. The molecule has 0 aromatic carbocycles. The third-order valence-corrected chi connectivity index (χ3v) is 8.71. The first-order chi connectivity index (χ1) is 12.6. The minimum absolute atomic E-state index is 0.00916. The number of carboxylic acids is 1. The van der Waals surface area contributed by atoms with Crippen LogP contribution in [0.4, 0.5) is 0 Å². The van der Waals surface area contributed by atoms with E-state index in [0.29, 0.717) is 32.1 Å². The van der Waals surface area contributed by atoms with Crippen molar-refractivity contribution in [2.45, 2.75) is 70.0 Å². The highest BCUT2D eigenvalue weighted by Crippen LogP contribution is 2.78. The van der Waals surface area contributed by atoms with Crippen LogP contribution in [0.3, 0.4) is 0 Å². The average Bonchev–Trinajstić information content (AvgIpc) is 2.96. The molecule has 0 aromatic rings. The summed E-state index contributed by atoms with van der Waals surface area (Å²) in [4.78, 5) is 37.2. The molecule has 6 heteroatoms. The fourth-order valence-electron chi connectivity index (χ4n) is 8.10. The number of carbonyl (C=O) groups excluding carboxylic acids is 2. The quantitative estimate of drug-likeness (QED) is 0.590. The second-order valence-corrected chi connectivity index (χ2v) is 9.78. The maximum Gasteiger partial charge on any atom is 0.312 e. The van der Waals surface area contributed by atoms with Crippen LogP contribution in [0.1, 0.15) is 58.8 Å². The van der Waals surface area contributed by atoms with Crippen molar-refractivity contribution >= 4 is 17.9 Å². The van der Waals surface area contributed by atoms with Crippen molar-refractivity contribution in [2.24, 2.45) is 28.6 Å². The van der Waals surface area contributed by atoms with Crippen LogP contribution in [0, 0.1) is 28.6 Å². The van der Waals surface area contributed by atoms with Gasteiger partial charge in [-0.05, 0) is 62.9 Å². The van der Waals surface area contributed by atoms with E-state index in [1.807, 2.05) is 6.92 Å². The Morgan fingerprint density at radius 1 is 1.30 bits per heavy atom. The number of hydrogen-bond donors (Lipinski definition) is 1. The van der Waals surface area contributed by atoms with Gasteiger partial charge >= 0.3 is 17.9 Å². The summed E-state index contributed by atoms with van der Waals surface area (Å²) in [7, 11) is 0. The van der Waals surface area contributed by atoms with Crippen LogP contribution in [0.25, 0.3) is 0 Å². The van der Waals surface area contributed by atoms with E-state index < -0.39 is 33.9 Å². The Morgan fingerprint density at radius 2 is 2.04 bits per heavy atom. The summed E-state index contributed by atoms with van der Waals surface area (Å²) in [5, 5.41) is 10.3. The number of fused-ring (bicyclic) bond motifs is 1. The van der Waals surface area contributed by atoms with Gasteiger partial charge in [0.05, 0.1) is 11.3 Å². The van der Waals surface area contributed by atoms with Gasteiger partial charge in [-0.1, -0.05) is 6.58 Å². The van der Waals surface area contributed by atoms with E-state index in [9.17, 15) is 19.5 Å². The Balaban J connectivity index is 1.69. The molecular formula is C21H26O6. The van der Waals surface area contributed by atoms with Crippen molar-refractivity contribution in [1.82, 2.24) is 0 Å². The summed E-state index contributed by atoms with van der Waals surface area (Å²) >= 11 is 0. The Labute approximate surface area is 158 Å². The monoisotopic (exact) mass is 374 g/mol. The molecule has 7 unspecified atom stereocenters. The van der Waals surface area contributed by atoms with Crippen molar-refractivity contribution in [3.63, 3.8) is 0 Å². The number of esters is 2. The van der Waals surface area contributed by atoms with Gasteiger partial charge < -0.3 is 14.6 Å². The SMILES string of the molecule is C=C1CC23CC1(OC(C)=O)CCC2C12CCCC(C)(C(=O)O1)C2C3C(=O)O. The van der Waals surface area contributed by atoms with Crippen LogP contribution < -0.4 is 0 Å². The first kappa shape index (κ1) is 17.3. The Hall–Kier alpha value is -1.85. The number of hydrogen-bond acceptors (Lipinski definition) is 5. The summed E-state index contributed by atoms with van der Waals surface area (Å²) < 4.78 is 11.9. The van der Waals surface area contributed by atoms with Crippen molar-refractivity contribution < 1.29 is 29.0 Å². The van der Waals surface area contributed by atoms with Crippen molar-refractivity contribution in [3.05, 3.63) is 12.2 Å². The predicted molar refractivity (Wildman–Crippen MR) is 93.4 cm³/mol. The zero-order valence-electron chi connectivity index (χ0n) is 15.9. The van der Waals surface area contributed by atoms with E-state index in [-0.39, 0.29) is 23.8 Å². The fourth-order valence-corrected chi connectivity index (χ4v) is 8.10. The second kappa shape index (κ2) is 4.76. The Morgan fingerprint density at radius 3 is 2.70 bits per heavy atom. The molecule has 27 heavy (non-hydrogen) atoms. The molecule has 7 atom stereocenters. The van der Waals surface area contributed by atoms with Crippen LogP contribution in [0.15, 0.2) is 12.2 Å². The molecule has 6 nitrogen and oxygen atoms in total. The predicted octanol–water partition coefficient (Wildman–Crippen LogP) is 2.85. The van der Waals surface area contributed by atoms with Crippen molar-refractivity contribution in [1.29, 1.82) is 0 Å². The number of rotatable bonds is 2. The number of carboxylic acid groups (broad SMARTS) is 1. The Kier molecular flexibility index (Phi) is 3.04. The first-order valence-corrected chi connectivity index (χ1v) is 9.95. The molecule has 5 fully saturated rings. The van der Waals surface area contributed by atoms with E-state index in [1.165, 1.54) is 6.92 Å². The normalized spacial score (nSPS) is 52.1. The third kappa shape index (κ3) is 1.71. The highest BCUT2D eigenvalue weighted by Gasteiger charge is 2.83. The van der Waals surface area contributed by atoms with Crippen LogP contribution in [0.5, 0.6) is 0 Å². The molecule has 0 amide bonds. The lowest BCUT2D eigenvalue weighted by Crippen LogP contribution is -2.48. The topological polar surface area (TPSA) is 89.9 Å². The Bertz CT molecular complexity index is 802. The van der Waals surface area contributed by atoms with Crippen LogP contribution >= 0.6 is 0 Å². The van der Waals surface area contributed by atoms with Gasteiger partial charge in [-0.2, -0.15) is 0 Å². The van der Waals surface area contributed by atoms with E-state index >= 15 is 0 Å². The highest BCUT2D eigenvalue weighted by molar-refractivity contribution is 5.84. The molecule has 1 spiro atoms. The number of ether oxygens (including phenoxy) is 2. The second-order valence-electron chi connectivity index (χ2n) is 9.78. The fraction of sp³-hybridized carbons (Fsp3) is 0.762. The lowest BCUT2D eigenvalue weighted by atomic mass is 9.60. The van der Waals surface area contributed by atoms with E-state index in [1.54, 1.807) is 0 Å². The molecule has 4 bridgehead atoms. The molecule has 1 N–H and O–H groups in total. The molecular weight excluding hydrogens is 348 g/mol. The zero-order valence-corrected chi connectivity index (χ0v) is 15.9. The molecule has 0 radical (unpaired) electrons. The van der Waals surface area contributed by atoms with E-state index in [4.69, 9.17) is 9.47 Å². The largest absolute Gasteiger partial charge is 0.481 e. The molecule has 1 heterocycles. The number of carbonyl (C=O) groups is 3. The van der Waals surface area contributed by atoms with Gasteiger partial charge in [-0.15, -0.1) is 0 Å². The van der Waals surface area contributed by atoms with Crippen LogP contribution in [-0.2, 0) is 23.9 Å². The maximum atomic E-state index is 12.8. The van der Waals surface area contributed by atoms with Crippen LogP contribution in [0.2, 0.25) is 0 Å². The lowest BCUT2D eigenvalue weighted by Gasteiger charge is -2.46. The van der Waals surface area contributed by atoms with E-state index in [2.05, 4.69) is 6.58 Å². The van der Waals surface area contributed by atoms with Gasteiger partial charge in [-0.3, -0.25) is 14.4 Å². The third-order valence-electron chi connectivity index (χ3n) is 8.71. The highest BCUT2D eigenvalue weighted by atomic mass is 16.6.